The Morgan fingerprint density at radius 2 is 2.12 bits per heavy atom. The zero-order valence-electron chi connectivity index (χ0n) is 9.57. The molecule has 1 heterocycles. The van der Waals surface area contributed by atoms with Crippen LogP contribution in [0.3, 0.4) is 0 Å². The Morgan fingerprint density at radius 3 is 2.88 bits per heavy atom. The van der Waals surface area contributed by atoms with Crippen molar-refractivity contribution in [1.82, 2.24) is 0 Å². The van der Waals surface area contributed by atoms with Crippen molar-refractivity contribution in [1.29, 1.82) is 0 Å². The molecule has 0 atom stereocenters. The van der Waals surface area contributed by atoms with Gasteiger partial charge >= 0.3 is 0 Å². The second-order valence-electron chi connectivity index (χ2n) is 3.98. The molecule has 0 aliphatic heterocycles. The van der Waals surface area contributed by atoms with Gasteiger partial charge in [-0.25, -0.2) is 0 Å². The van der Waals surface area contributed by atoms with E-state index in [2.05, 4.69) is 36.5 Å². The smallest absolute Gasteiger partial charge is 0.103 e. The lowest BCUT2D eigenvalue weighted by molar-refractivity contribution is 0.504. The monoisotopic (exact) mass is 215 g/mol. The third-order valence-corrected chi connectivity index (χ3v) is 2.53. The van der Waals surface area contributed by atoms with Crippen LogP contribution < -0.4 is 5.32 Å². The summed E-state index contributed by atoms with van der Waals surface area (Å²) < 4.78 is 5.28. The van der Waals surface area contributed by atoms with Crippen LogP contribution >= 0.6 is 0 Å². The molecule has 0 saturated carbocycles. The van der Waals surface area contributed by atoms with Gasteiger partial charge in [-0.2, -0.15) is 0 Å². The van der Waals surface area contributed by atoms with E-state index in [1.807, 2.05) is 12.1 Å². The Balaban J connectivity index is 1.72. The molecular formula is C14H17NO. The summed E-state index contributed by atoms with van der Waals surface area (Å²) in [6, 6.07) is 12.4. The van der Waals surface area contributed by atoms with E-state index in [0.717, 1.165) is 25.1 Å². The number of nitrogens with one attached hydrogen (secondary N) is 1. The maximum absolute atomic E-state index is 5.28. The second kappa shape index (κ2) is 5.40. The minimum absolute atomic E-state index is 0.976. The molecular weight excluding hydrogens is 198 g/mol. The van der Waals surface area contributed by atoms with E-state index in [1.54, 1.807) is 6.26 Å². The topological polar surface area (TPSA) is 25.2 Å². The maximum Gasteiger partial charge on any atom is 0.103 e. The first kappa shape index (κ1) is 10.8. The summed E-state index contributed by atoms with van der Waals surface area (Å²) in [5, 5.41) is 3.41. The Kier molecular flexibility index (Phi) is 3.65. The molecule has 0 aliphatic carbocycles. The maximum atomic E-state index is 5.28. The van der Waals surface area contributed by atoms with E-state index in [-0.39, 0.29) is 0 Å². The Bertz CT molecular complexity index is 420. The van der Waals surface area contributed by atoms with Crippen molar-refractivity contribution < 1.29 is 4.42 Å². The van der Waals surface area contributed by atoms with Gasteiger partial charge in [-0.3, -0.25) is 0 Å². The number of benzene rings is 1. The summed E-state index contributed by atoms with van der Waals surface area (Å²) in [7, 11) is 0. The van der Waals surface area contributed by atoms with E-state index in [0.29, 0.717) is 0 Å². The van der Waals surface area contributed by atoms with Gasteiger partial charge in [0.1, 0.15) is 5.76 Å². The van der Waals surface area contributed by atoms with Crippen LogP contribution in [0.5, 0.6) is 0 Å². The zero-order chi connectivity index (χ0) is 11.2. The fourth-order valence-corrected chi connectivity index (χ4v) is 1.71. The van der Waals surface area contributed by atoms with Crippen molar-refractivity contribution in [2.24, 2.45) is 0 Å². The van der Waals surface area contributed by atoms with Crippen molar-refractivity contribution in [2.45, 2.75) is 19.8 Å². The lowest BCUT2D eigenvalue weighted by atomic mass is 10.2. The number of anilines is 1. The highest BCUT2D eigenvalue weighted by atomic mass is 16.3. The first-order valence-corrected chi connectivity index (χ1v) is 5.67. The molecule has 0 fully saturated rings. The van der Waals surface area contributed by atoms with Crippen LogP contribution in [0.1, 0.15) is 17.7 Å². The normalized spacial score (nSPS) is 10.3. The quantitative estimate of drug-likeness (QED) is 0.770. The summed E-state index contributed by atoms with van der Waals surface area (Å²) in [5.41, 5.74) is 2.48. The van der Waals surface area contributed by atoms with E-state index >= 15 is 0 Å². The van der Waals surface area contributed by atoms with Gasteiger partial charge in [0.25, 0.3) is 0 Å². The van der Waals surface area contributed by atoms with Crippen LogP contribution in [0.15, 0.2) is 47.1 Å². The molecule has 0 saturated heterocycles. The van der Waals surface area contributed by atoms with E-state index in [4.69, 9.17) is 4.42 Å². The third kappa shape index (κ3) is 3.16. The van der Waals surface area contributed by atoms with Crippen molar-refractivity contribution in [3.05, 3.63) is 54.0 Å². The largest absolute Gasteiger partial charge is 0.469 e. The predicted octanol–water partition coefficient (Wildman–Crippen LogP) is 3.63. The molecule has 2 nitrogen and oxygen atoms in total. The molecule has 2 aromatic rings. The van der Waals surface area contributed by atoms with Crippen LogP contribution in [0.25, 0.3) is 0 Å². The summed E-state index contributed by atoms with van der Waals surface area (Å²) >= 11 is 0. The average Bonchev–Trinajstić information content (AvgIpc) is 2.77. The molecule has 2 rings (SSSR count). The lowest BCUT2D eigenvalue weighted by Gasteiger charge is -2.06. The highest BCUT2D eigenvalue weighted by Gasteiger charge is 1.96. The minimum Gasteiger partial charge on any atom is -0.469 e. The minimum atomic E-state index is 0.976. The van der Waals surface area contributed by atoms with Crippen LogP contribution in [0.2, 0.25) is 0 Å². The molecule has 1 N–H and O–H groups in total. The molecule has 16 heavy (non-hydrogen) atoms. The number of aryl methyl sites for hydroxylation is 2. The first-order valence-electron chi connectivity index (χ1n) is 5.67. The number of hydrogen-bond donors (Lipinski definition) is 1. The standard InChI is InChI=1S/C14H17NO/c1-12-5-2-6-13(11-12)15-9-3-7-14-8-4-10-16-14/h2,4-6,8,10-11,15H,3,7,9H2,1H3. The van der Waals surface area contributed by atoms with Gasteiger partial charge in [-0.15, -0.1) is 0 Å². The Hall–Kier alpha value is -1.70. The SMILES string of the molecule is Cc1cccc(NCCCc2ccco2)c1. The van der Waals surface area contributed by atoms with Crippen molar-refractivity contribution in [3.8, 4) is 0 Å². The van der Waals surface area contributed by atoms with Gasteiger partial charge in [0, 0.05) is 18.7 Å². The molecule has 0 spiro atoms. The molecule has 2 heteroatoms. The molecule has 0 unspecified atom stereocenters. The highest BCUT2D eigenvalue weighted by Crippen LogP contribution is 2.10. The molecule has 84 valence electrons. The van der Waals surface area contributed by atoms with Gasteiger partial charge in [0.05, 0.1) is 6.26 Å². The Labute approximate surface area is 96.3 Å². The van der Waals surface area contributed by atoms with Crippen LogP contribution in [0.4, 0.5) is 5.69 Å². The van der Waals surface area contributed by atoms with Crippen molar-refractivity contribution in [3.63, 3.8) is 0 Å². The Morgan fingerprint density at radius 1 is 1.19 bits per heavy atom. The van der Waals surface area contributed by atoms with E-state index < -0.39 is 0 Å². The number of rotatable bonds is 5. The number of hydrogen-bond acceptors (Lipinski definition) is 2. The first-order chi connectivity index (χ1) is 7.84. The average molecular weight is 215 g/mol. The van der Waals surface area contributed by atoms with Crippen molar-refractivity contribution >= 4 is 5.69 Å². The molecule has 0 amide bonds. The predicted molar refractivity (Wildman–Crippen MR) is 66.7 cm³/mol. The van der Waals surface area contributed by atoms with Crippen LogP contribution in [-0.4, -0.2) is 6.54 Å². The molecule has 1 aromatic carbocycles. The van der Waals surface area contributed by atoms with Gasteiger partial charge < -0.3 is 9.73 Å². The fraction of sp³-hybridized carbons (Fsp3) is 0.286. The zero-order valence-corrected chi connectivity index (χ0v) is 9.57. The summed E-state index contributed by atoms with van der Waals surface area (Å²) in [6.07, 6.45) is 3.80. The van der Waals surface area contributed by atoms with Crippen LogP contribution in [0, 0.1) is 6.92 Å². The molecule has 1 aromatic heterocycles. The van der Waals surface area contributed by atoms with Gasteiger partial charge in [0.2, 0.25) is 0 Å². The molecule has 0 aliphatic rings. The van der Waals surface area contributed by atoms with E-state index in [9.17, 15) is 0 Å². The molecule has 0 bridgehead atoms. The molecule has 0 radical (unpaired) electrons. The summed E-state index contributed by atoms with van der Waals surface area (Å²) in [4.78, 5) is 0. The third-order valence-electron chi connectivity index (χ3n) is 2.53. The van der Waals surface area contributed by atoms with Crippen LogP contribution in [-0.2, 0) is 6.42 Å². The van der Waals surface area contributed by atoms with Gasteiger partial charge in [0.15, 0.2) is 0 Å². The lowest BCUT2D eigenvalue weighted by Crippen LogP contribution is -2.02. The second-order valence-corrected chi connectivity index (χ2v) is 3.98. The van der Waals surface area contributed by atoms with Gasteiger partial charge in [-0.1, -0.05) is 12.1 Å². The highest BCUT2D eigenvalue weighted by molar-refractivity contribution is 5.45. The summed E-state index contributed by atoms with van der Waals surface area (Å²) in [6.45, 7) is 3.08. The van der Waals surface area contributed by atoms with E-state index in [1.165, 1.54) is 11.3 Å². The fourth-order valence-electron chi connectivity index (χ4n) is 1.71. The summed E-state index contributed by atoms with van der Waals surface area (Å²) in [5.74, 6) is 1.06. The van der Waals surface area contributed by atoms with Crippen molar-refractivity contribution in [2.75, 3.05) is 11.9 Å². The van der Waals surface area contributed by atoms with Gasteiger partial charge in [-0.05, 0) is 43.2 Å². The number of furan rings is 1.